The lowest BCUT2D eigenvalue weighted by Gasteiger charge is -2.23. The van der Waals surface area contributed by atoms with Gasteiger partial charge in [0.1, 0.15) is 24.4 Å². The predicted octanol–water partition coefficient (Wildman–Crippen LogP) is 4.52. The van der Waals surface area contributed by atoms with Gasteiger partial charge in [-0.15, -0.1) is 0 Å². The minimum absolute atomic E-state index is 0.134. The van der Waals surface area contributed by atoms with Gasteiger partial charge in [-0.25, -0.2) is 0 Å². The van der Waals surface area contributed by atoms with Gasteiger partial charge < -0.3 is 24.8 Å². The molecule has 1 fully saturated rings. The van der Waals surface area contributed by atoms with Crippen LogP contribution in [-0.4, -0.2) is 59.6 Å². The topological polar surface area (TPSA) is 79.2 Å². The van der Waals surface area contributed by atoms with E-state index in [9.17, 15) is 10.2 Å². The minimum atomic E-state index is -1.02. The zero-order chi connectivity index (χ0) is 21.2. The van der Waals surface area contributed by atoms with E-state index in [0.717, 1.165) is 6.42 Å². The number of hydrogen-bond donors (Lipinski definition) is 3. The molecule has 4 atom stereocenters. The Morgan fingerprint density at radius 2 is 1.45 bits per heavy atom. The minimum Gasteiger partial charge on any atom is -0.394 e. The van der Waals surface area contributed by atoms with Crippen LogP contribution in [0.4, 0.5) is 0 Å². The lowest BCUT2D eigenvalue weighted by molar-refractivity contribution is -0.0879. The van der Waals surface area contributed by atoms with Crippen LogP contribution < -0.4 is 0 Å². The molecule has 0 spiro atoms. The summed E-state index contributed by atoms with van der Waals surface area (Å²) in [6, 6.07) is 0. The van der Waals surface area contributed by atoms with Crippen LogP contribution in [0.25, 0.3) is 0 Å². The van der Waals surface area contributed by atoms with Crippen LogP contribution in [0.5, 0.6) is 0 Å². The van der Waals surface area contributed by atoms with Gasteiger partial charge in [0, 0.05) is 0 Å². The Hall–Kier alpha value is -0.460. The molecule has 0 saturated carbocycles. The summed E-state index contributed by atoms with van der Waals surface area (Å²) in [5, 5.41) is 28.6. The van der Waals surface area contributed by atoms with E-state index in [1.54, 1.807) is 0 Å². The Kier molecular flexibility index (Phi) is 16.8. The lowest BCUT2D eigenvalue weighted by atomic mass is 10.0. The maximum atomic E-state index is 9.87. The first kappa shape index (κ1) is 26.6. The van der Waals surface area contributed by atoms with Crippen molar-refractivity contribution in [2.24, 2.45) is 0 Å². The summed E-state index contributed by atoms with van der Waals surface area (Å²) in [6.45, 7) is 2.39. The van der Waals surface area contributed by atoms with Crippen molar-refractivity contribution in [1.29, 1.82) is 0 Å². The van der Waals surface area contributed by atoms with Gasteiger partial charge in [-0.1, -0.05) is 96.1 Å². The molecule has 1 aliphatic heterocycles. The van der Waals surface area contributed by atoms with Crippen molar-refractivity contribution in [1.82, 2.24) is 0 Å². The molecule has 3 N–H and O–H groups in total. The molecule has 0 aromatic heterocycles. The molecule has 5 nitrogen and oxygen atoms in total. The molecule has 0 bridgehead atoms. The summed E-state index contributed by atoms with van der Waals surface area (Å²) in [7, 11) is 0. The van der Waals surface area contributed by atoms with Crippen LogP contribution in [0, 0.1) is 0 Å². The number of aliphatic hydroxyl groups is 3. The zero-order valence-electron chi connectivity index (χ0n) is 18.6. The van der Waals surface area contributed by atoms with Crippen LogP contribution >= 0.6 is 0 Å². The van der Waals surface area contributed by atoms with E-state index in [0.29, 0.717) is 6.61 Å². The van der Waals surface area contributed by atoms with Crippen molar-refractivity contribution in [2.45, 2.75) is 121 Å². The van der Waals surface area contributed by atoms with Crippen LogP contribution in [0.1, 0.15) is 96.8 Å². The molecule has 172 valence electrons. The molecule has 0 aliphatic carbocycles. The van der Waals surface area contributed by atoms with Crippen LogP contribution in [-0.2, 0) is 9.47 Å². The van der Waals surface area contributed by atoms with E-state index in [2.05, 4.69) is 13.0 Å². The number of hydrogen-bond acceptors (Lipinski definition) is 5. The first-order valence-corrected chi connectivity index (χ1v) is 12.1. The van der Waals surface area contributed by atoms with Gasteiger partial charge in [-0.2, -0.15) is 0 Å². The third-order valence-electron chi connectivity index (χ3n) is 5.75. The highest BCUT2D eigenvalue weighted by Gasteiger charge is 2.40. The van der Waals surface area contributed by atoms with Crippen molar-refractivity contribution in [3.05, 3.63) is 12.2 Å². The van der Waals surface area contributed by atoms with Gasteiger partial charge in [0.05, 0.1) is 19.8 Å². The molecule has 0 aromatic carbocycles. The second-order valence-electron chi connectivity index (χ2n) is 8.42. The van der Waals surface area contributed by atoms with E-state index >= 15 is 0 Å². The zero-order valence-corrected chi connectivity index (χ0v) is 18.6. The number of ether oxygens (including phenoxy) is 2. The quantitative estimate of drug-likeness (QED) is 0.214. The fraction of sp³-hybridized carbons (Fsp3) is 0.917. The van der Waals surface area contributed by atoms with Crippen molar-refractivity contribution in [2.75, 3.05) is 19.8 Å². The molecule has 0 unspecified atom stereocenters. The van der Waals surface area contributed by atoms with E-state index in [1.807, 2.05) is 6.08 Å². The molecule has 29 heavy (non-hydrogen) atoms. The van der Waals surface area contributed by atoms with E-state index in [-0.39, 0.29) is 6.61 Å². The number of unbranched alkanes of at least 4 members (excludes halogenated alkanes) is 13. The average Bonchev–Trinajstić information content (AvgIpc) is 3.10. The summed E-state index contributed by atoms with van der Waals surface area (Å²) in [5.41, 5.74) is 0. The second kappa shape index (κ2) is 18.3. The van der Waals surface area contributed by atoms with Gasteiger partial charge in [-0.05, 0) is 12.8 Å². The van der Waals surface area contributed by atoms with Crippen molar-refractivity contribution >= 4 is 0 Å². The third kappa shape index (κ3) is 12.7. The molecular weight excluding hydrogens is 368 g/mol. The molecule has 5 heteroatoms. The maximum absolute atomic E-state index is 9.87. The molecule has 0 amide bonds. The van der Waals surface area contributed by atoms with Crippen molar-refractivity contribution in [3.8, 4) is 0 Å². The molecule has 0 aromatic rings. The largest absolute Gasteiger partial charge is 0.394 e. The van der Waals surface area contributed by atoms with E-state index < -0.39 is 31.0 Å². The Labute approximate surface area is 178 Å². The van der Waals surface area contributed by atoms with Crippen LogP contribution in [0.3, 0.4) is 0 Å². The fourth-order valence-corrected chi connectivity index (χ4v) is 3.89. The highest BCUT2D eigenvalue weighted by atomic mass is 16.6. The highest BCUT2D eigenvalue weighted by molar-refractivity contribution is 4.91. The third-order valence-corrected chi connectivity index (χ3v) is 5.75. The molecule has 1 rings (SSSR count). The average molecular weight is 415 g/mol. The molecular formula is C24H46O5. The summed E-state index contributed by atoms with van der Waals surface area (Å²) in [4.78, 5) is 0. The van der Waals surface area contributed by atoms with Gasteiger partial charge in [-0.3, -0.25) is 0 Å². The van der Waals surface area contributed by atoms with Crippen molar-refractivity contribution < 1.29 is 24.8 Å². The van der Waals surface area contributed by atoms with Gasteiger partial charge >= 0.3 is 0 Å². The van der Waals surface area contributed by atoms with Crippen molar-refractivity contribution in [3.63, 3.8) is 0 Å². The molecule has 1 saturated heterocycles. The van der Waals surface area contributed by atoms with Gasteiger partial charge in [0.15, 0.2) is 0 Å². The Balaban J connectivity index is 1.88. The Bertz CT molecular complexity index is 387. The maximum Gasteiger partial charge on any atom is 0.115 e. The smallest absolute Gasteiger partial charge is 0.115 e. The predicted molar refractivity (Wildman–Crippen MR) is 118 cm³/mol. The van der Waals surface area contributed by atoms with Gasteiger partial charge in [0.2, 0.25) is 0 Å². The number of rotatable bonds is 19. The molecule has 0 radical (unpaired) electrons. The monoisotopic (exact) mass is 414 g/mol. The lowest BCUT2D eigenvalue weighted by Crippen LogP contribution is -2.42. The molecule has 1 aliphatic rings. The highest BCUT2D eigenvalue weighted by Crippen LogP contribution is 2.21. The van der Waals surface area contributed by atoms with E-state index in [1.165, 1.54) is 83.5 Å². The second-order valence-corrected chi connectivity index (χ2v) is 8.42. The number of allylic oxidation sites excluding steroid dienone is 1. The first-order chi connectivity index (χ1) is 14.2. The SMILES string of the molecule is CCCCCCCCCCCCCCC/C=C/CO[C@@H]1[C@H]([C@H](O)CO)OC[C@@H]1O. The standard InChI is InChI=1S/C24H46O5/c1-2-3-4-5-6-7-8-9-10-11-12-13-14-15-16-17-18-28-24-22(27)20-29-23(24)21(26)19-25/h16-17,21-27H,2-15,18-20H2,1H3/b17-16+/t21-,22+,23+,24+/m1/s1. The summed E-state index contributed by atoms with van der Waals surface area (Å²) >= 11 is 0. The summed E-state index contributed by atoms with van der Waals surface area (Å²) in [6.07, 6.45) is 19.9. The van der Waals surface area contributed by atoms with Crippen LogP contribution in [0.2, 0.25) is 0 Å². The van der Waals surface area contributed by atoms with Crippen LogP contribution in [0.15, 0.2) is 12.2 Å². The van der Waals surface area contributed by atoms with E-state index in [4.69, 9.17) is 14.6 Å². The Morgan fingerprint density at radius 1 is 0.897 bits per heavy atom. The van der Waals surface area contributed by atoms with Gasteiger partial charge in [0.25, 0.3) is 0 Å². The summed E-state index contributed by atoms with van der Waals surface area (Å²) < 4.78 is 10.9. The number of aliphatic hydroxyl groups excluding tert-OH is 3. The fourth-order valence-electron chi connectivity index (χ4n) is 3.89. The normalized spacial score (nSPS) is 23.2. The Morgan fingerprint density at radius 3 is 2.00 bits per heavy atom. The molecule has 1 heterocycles. The first-order valence-electron chi connectivity index (χ1n) is 12.1. The summed E-state index contributed by atoms with van der Waals surface area (Å²) in [5.74, 6) is 0.